The van der Waals surface area contributed by atoms with E-state index in [-0.39, 0.29) is 11.3 Å². The van der Waals surface area contributed by atoms with Crippen LogP contribution in [0.15, 0.2) is 41.1 Å². The topological polar surface area (TPSA) is 29.1 Å². The minimum Gasteiger partial charge on any atom is -0.325 e. The maximum Gasteiger partial charge on any atom is 0.228 e. The molecule has 0 radical (unpaired) electrons. The predicted molar refractivity (Wildman–Crippen MR) is 77.4 cm³/mol. The zero-order valence-corrected chi connectivity index (χ0v) is 11.6. The number of rotatable bonds is 4. The molecule has 2 aromatic rings. The molecule has 94 valence electrons. The lowest BCUT2D eigenvalue weighted by molar-refractivity contribution is -0.115. The summed E-state index contributed by atoms with van der Waals surface area (Å²) in [6.45, 7) is 1.89. The second kappa shape index (κ2) is 6.03. The molecule has 4 heteroatoms. The summed E-state index contributed by atoms with van der Waals surface area (Å²) in [6.07, 6.45) is 0.397. The van der Waals surface area contributed by atoms with Crippen LogP contribution in [0.1, 0.15) is 23.4 Å². The van der Waals surface area contributed by atoms with Gasteiger partial charge in [-0.25, -0.2) is 0 Å². The normalized spacial score (nSPS) is 12.1. The van der Waals surface area contributed by atoms with Gasteiger partial charge in [-0.3, -0.25) is 4.79 Å². The molecule has 2 rings (SSSR count). The molecule has 18 heavy (non-hydrogen) atoms. The number of hydrogen-bond acceptors (Lipinski definition) is 2. The van der Waals surface area contributed by atoms with Crippen LogP contribution in [0, 0.1) is 0 Å². The van der Waals surface area contributed by atoms with Gasteiger partial charge in [0.15, 0.2) is 0 Å². The molecule has 1 unspecified atom stereocenters. The van der Waals surface area contributed by atoms with Gasteiger partial charge in [0.05, 0.1) is 11.8 Å². The molecule has 0 fully saturated rings. The van der Waals surface area contributed by atoms with Crippen LogP contribution >= 0.6 is 22.9 Å². The van der Waals surface area contributed by atoms with E-state index in [1.165, 1.54) is 0 Å². The van der Waals surface area contributed by atoms with E-state index >= 15 is 0 Å². The van der Waals surface area contributed by atoms with E-state index in [9.17, 15) is 4.79 Å². The molecule has 0 bridgehead atoms. The first-order valence-electron chi connectivity index (χ1n) is 5.70. The van der Waals surface area contributed by atoms with Crippen molar-refractivity contribution in [2.24, 2.45) is 0 Å². The lowest BCUT2D eigenvalue weighted by Gasteiger charge is -2.12. The van der Waals surface area contributed by atoms with Crippen LogP contribution in [0.5, 0.6) is 0 Å². The average Bonchev–Trinajstić information content (AvgIpc) is 2.82. The summed E-state index contributed by atoms with van der Waals surface area (Å²) in [7, 11) is 0. The summed E-state index contributed by atoms with van der Waals surface area (Å²) in [5, 5.41) is 6.74. The molecular weight excluding hydrogens is 266 g/mol. The van der Waals surface area contributed by atoms with E-state index < -0.39 is 0 Å². The molecule has 0 aliphatic heterocycles. The number of carbonyl (C=O) groups is 1. The number of carbonyl (C=O) groups excluding carboxylic acids is 1. The Bertz CT molecular complexity index is 522. The lowest BCUT2D eigenvalue weighted by Crippen LogP contribution is -2.15. The van der Waals surface area contributed by atoms with Gasteiger partial charge in [0.2, 0.25) is 5.91 Å². The van der Waals surface area contributed by atoms with Crippen LogP contribution in [0.3, 0.4) is 0 Å². The number of hydrogen-bond donors (Lipinski definition) is 1. The quantitative estimate of drug-likeness (QED) is 0.834. The van der Waals surface area contributed by atoms with E-state index in [2.05, 4.69) is 5.32 Å². The molecule has 2 nitrogen and oxygen atoms in total. The molecule has 1 aromatic carbocycles. The Morgan fingerprint density at radius 2 is 2.17 bits per heavy atom. The number of alkyl halides is 1. The minimum absolute atomic E-state index is 0.0156. The molecule has 1 amide bonds. The van der Waals surface area contributed by atoms with Crippen molar-refractivity contribution in [3.05, 3.63) is 52.2 Å². The molecule has 1 aromatic heterocycles. The fourth-order valence-electron chi connectivity index (χ4n) is 1.73. The third kappa shape index (κ3) is 3.34. The van der Waals surface area contributed by atoms with Gasteiger partial charge in [0, 0.05) is 5.69 Å². The van der Waals surface area contributed by atoms with E-state index in [4.69, 9.17) is 11.6 Å². The molecule has 1 heterocycles. The highest BCUT2D eigenvalue weighted by Gasteiger charge is 2.10. The first kappa shape index (κ1) is 13.1. The first-order valence-corrected chi connectivity index (χ1v) is 7.08. The van der Waals surface area contributed by atoms with Crippen molar-refractivity contribution in [3.63, 3.8) is 0 Å². The van der Waals surface area contributed by atoms with E-state index in [0.29, 0.717) is 6.42 Å². The minimum atomic E-state index is -0.123. The second-order valence-corrected chi connectivity index (χ2v) is 5.49. The Morgan fingerprint density at radius 3 is 2.83 bits per heavy atom. The number of amides is 1. The van der Waals surface area contributed by atoms with Crippen LogP contribution in [0.4, 0.5) is 5.69 Å². The standard InChI is InChI=1S/C14H14ClNOS/c1-10(15)12-4-2-3-5-13(12)16-14(17)8-11-6-7-18-9-11/h2-7,9-10H,8H2,1H3,(H,16,17). The highest BCUT2D eigenvalue weighted by molar-refractivity contribution is 7.08. The Kier molecular flexibility index (Phi) is 4.39. The van der Waals surface area contributed by atoms with Gasteiger partial charge in [-0.05, 0) is 40.9 Å². The van der Waals surface area contributed by atoms with Gasteiger partial charge in [-0.15, -0.1) is 11.6 Å². The van der Waals surface area contributed by atoms with Crippen LogP contribution in [0.25, 0.3) is 0 Å². The third-order valence-corrected chi connectivity index (χ3v) is 3.58. The molecule has 0 spiro atoms. The first-order chi connectivity index (χ1) is 8.66. The predicted octanol–water partition coefficient (Wildman–Crippen LogP) is 4.23. The highest BCUT2D eigenvalue weighted by atomic mass is 35.5. The van der Waals surface area contributed by atoms with E-state index in [1.54, 1.807) is 11.3 Å². The van der Waals surface area contributed by atoms with Crippen molar-refractivity contribution >= 4 is 34.5 Å². The molecule has 0 saturated carbocycles. The number of para-hydroxylation sites is 1. The highest BCUT2D eigenvalue weighted by Crippen LogP contribution is 2.27. The van der Waals surface area contributed by atoms with Gasteiger partial charge in [0.1, 0.15) is 0 Å². The van der Waals surface area contributed by atoms with E-state index in [0.717, 1.165) is 16.8 Å². The van der Waals surface area contributed by atoms with Crippen LogP contribution in [-0.4, -0.2) is 5.91 Å². The summed E-state index contributed by atoms with van der Waals surface area (Å²) < 4.78 is 0. The largest absolute Gasteiger partial charge is 0.325 e. The zero-order chi connectivity index (χ0) is 13.0. The monoisotopic (exact) mass is 279 g/mol. The van der Waals surface area contributed by atoms with Gasteiger partial charge in [-0.2, -0.15) is 11.3 Å². The summed E-state index contributed by atoms with van der Waals surface area (Å²) in [5.74, 6) is -0.0156. The van der Waals surface area contributed by atoms with Crippen molar-refractivity contribution < 1.29 is 4.79 Å². The summed E-state index contributed by atoms with van der Waals surface area (Å²) >= 11 is 7.68. The van der Waals surface area contributed by atoms with Crippen molar-refractivity contribution in [1.82, 2.24) is 0 Å². The van der Waals surface area contributed by atoms with Crippen LogP contribution in [0.2, 0.25) is 0 Å². The van der Waals surface area contributed by atoms with Gasteiger partial charge >= 0.3 is 0 Å². The average molecular weight is 280 g/mol. The maximum atomic E-state index is 11.9. The second-order valence-electron chi connectivity index (χ2n) is 4.06. The number of benzene rings is 1. The molecule has 0 aliphatic rings. The number of thiophene rings is 1. The van der Waals surface area contributed by atoms with Gasteiger partial charge in [0.25, 0.3) is 0 Å². The summed E-state index contributed by atoms with van der Waals surface area (Å²) in [5.41, 5.74) is 2.77. The zero-order valence-electron chi connectivity index (χ0n) is 10.0. The number of nitrogens with one attached hydrogen (secondary N) is 1. The maximum absolute atomic E-state index is 11.9. The van der Waals surface area contributed by atoms with Crippen molar-refractivity contribution in [1.29, 1.82) is 0 Å². The Hall–Kier alpha value is -1.32. The van der Waals surface area contributed by atoms with Gasteiger partial charge < -0.3 is 5.32 Å². The molecule has 0 saturated heterocycles. The van der Waals surface area contributed by atoms with Crippen LogP contribution in [-0.2, 0) is 11.2 Å². The van der Waals surface area contributed by atoms with Crippen molar-refractivity contribution in [3.8, 4) is 0 Å². The SMILES string of the molecule is CC(Cl)c1ccccc1NC(=O)Cc1ccsc1. The Morgan fingerprint density at radius 1 is 1.39 bits per heavy atom. The fourth-order valence-corrected chi connectivity index (χ4v) is 2.59. The molecule has 1 N–H and O–H groups in total. The third-order valence-electron chi connectivity index (χ3n) is 2.61. The molecule has 0 aliphatic carbocycles. The van der Waals surface area contributed by atoms with Crippen molar-refractivity contribution in [2.75, 3.05) is 5.32 Å². The van der Waals surface area contributed by atoms with Crippen molar-refractivity contribution in [2.45, 2.75) is 18.7 Å². The number of anilines is 1. The summed E-state index contributed by atoms with van der Waals surface area (Å²) in [4.78, 5) is 11.9. The van der Waals surface area contributed by atoms with E-state index in [1.807, 2.05) is 48.0 Å². The molecular formula is C14H14ClNOS. The Balaban J connectivity index is 2.07. The van der Waals surface area contributed by atoms with Gasteiger partial charge in [-0.1, -0.05) is 18.2 Å². The Labute approximate surface area is 116 Å². The smallest absolute Gasteiger partial charge is 0.228 e. The molecule has 1 atom stereocenters. The van der Waals surface area contributed by atoms with Crippen LogP contribution < -0.4 is 5.32 Å². The lowest BCUT2D eigenvalue weighted by atomic mass is 10.1. The fraction of sp³-hybridized carbons (Fsp3) is 0.214. The summed E-state index contributed by atoms with van der Waals surface area (Å²) in [6, 6.07) is 9.57. The number of halogens is 1.